The highest BCUT2D eigenvalue weighted by atomic mass is 32.2. The van der Waals surface area contributed by atoms with E-state index in [9.17, 15) is 13.2 Å². The molecular weight excluding hydrogens is 410 g/mol. The number of sulfonamides is 1. The predicted octanol–water partition coefficient (Wildman–Crippen LogP) is 3.41. The van der Waals surface area contributed by atoms with Crippen LogP contribution in [0.25, 0.3) is 10.1 Å². The summed E-state index contributed by atoms with van der Waals surface area (Å²) in [5.41, 5.74) is 1.35. The van der Waals surface area contributed by atoms with Gasteiger partial charge in [-0.2, -0.15) is 8.68 Å². The van der Waals surface area contributed by atoms with Crippen LogP contribution in [-0.4, -0.2) is 42.7 Å². The molecular formula is C20H21N3O4S2. The standard InChI is InChI=1S/C20H21N3O4S2/c1-14-10-17(29(25,26)23-8-2-3-9-23)5-6-18(14)27-13-20(24)22-16-4-7-19-15(11-16)12-21-28-19/h4-7,10-12H,2-3,8-9,13H2,1H3,(H,22,24). The molecule has 1 aliphatic rings. The number of rotatable bonds is 6. The Morgan fingerprint density at radius 1 is 1.21 bits per heavy atom. The number of benzene rings is 2. The van der Waals surface area contributed by atoms with E-state index in [0.717, 1.165) is 22.9 Å². The monoisotopic (exact) mass is 431 g/mol. The van der Waals surface area contributed by atoms with E-state index >= 15 is 0 Å². The first-order valence-corrected chi connectivity index (χ1v) is 11.5. The van der Waals surface area contributed by atoms with Crippen molar-refractivity contribution in [2.24, 2.45) is 0 Å². The molecule has 1 aliphatic heterocycles. The molecule has 0 atom stereocenters. The van der Waals surface area contributed by atoms with Gasteiger partial charge in [-0.05, 0) is 73.3 Å². The van der Waals surface area contributed by atoms with Crippen molar-refractivity contribution in [1.29, 1.82) is 0 Å². The average Bonchev–Trinajstić information content (AvgIpc) is 3.38. The van der Waals surface area contributed by atoms with E-state index < -0.39 is 10.0 Å². The van der Waals surface area contributed by atoms with E-state index in [-0.39, 0.29) is 17.4 Å². The second kappa shape index (κ2) is 8.10. The van der Waals surface area contributed by atoms with Crippen LogP contribution in [0.1, 0.15) is 18.4 Å². The quantitative estimate of drug-likeness (QED) is 0.646. The minimum absolute atomic E-state index is 0.168. The molecule has 2 heterocycles. The van der Waals surface area contributed by atoms with Gasteiger partial charge in [-0.25, -0.2) is 8.42 Å². The average molecular weight is 432 g/mol. The van der Waals surface area contributed by atoms with Crippen LogP contribution < -0.4 is 10.1 Å². The smallest absolute Gasteiger partial charge is 0.262 e. The van der Waals surface area contributed by atoms with Gasteiger partial charge in [0.25, 0.3) is 5.91 Å². The molecule has 0 radical (unpaired) electrons. The van der Waals surface area contributed by atoms with Crippen LogP contribution in [-0.2, 0) is 14.8 Å². The van der Waals surface area contributed by atoms with Crippen molar-refractivity contribution in [3.63, 3.8) is 0 Å². The van der Waals surface area contributed by atoms with Gasteiger partial charge in [0.1, 0.15) is 5.75 Å². The molecule has 1 N–H and O–H groups in total. The number of carbonyl (C=O) groups is 1. The number of fused-ring (bicyclic) bond motifs is 1. The SMILES string of the molecule is Cc1cc(S(=O)(=O)N2CCCC2)ccc1OCC(=O)Nc1ccc2sncc2c1. The lowest BCUT2D eigenvalue weighted by Crippen LogP contribution is -2.27. The minimum atomic E-state index is -3.47. The van der Waals surface area contributed by atoms with E-state index in [1.165, 1.54) is 21.9 Å². The number of amides is 1. The van der Waals surface area contributed by atoms with Crippen molar-refractivity contribution < 1.29 is 17.9 Å². The Kier molecular flexibility index (Phi) is 5.53. The molecule has 0 saturated carbocycles. The Balaban J connectivity index is 1.39. The number of ether oxygens (including phenoxy) is 1. The lowest BCUT2D eigenvalue weighted by molar-refractivity contribution is -0.118. The van der Waals surface area contributed by atoms with Crippen LogP contribution in [0.5, 0.6) is 5.75 Å². The van der Waals surface area contributed by atoms with Crippen LogP contribution in [0.15, 0.2) is 47.5 Å². The highest BCUT2D eigenvalue weighted by Crippen LogP contribution is 2.26. The summed E-state index contributed by atoms with van der Waals surface area (Å²) in [5.74, 6) is 0.193. The van der Waals surface area contributed by atoms with Crippen LogP contribution >= 0.6 is 11.5 Å². The predicted molar refractivity (Wildman–Crippen MR) is 113 cm³/mol. The van der Waals surface area contributed by atoms with Gasteiger partial charge < -0.3 is 10.1 Å². The summed E-state index contributed by atoms with van der Waals surface area (Å²) in [7, 11) is -3.47. The molecule has 0 spiro atoms. The number of anilines is 1. The summed E-state index contributed by atoms with van der Waals surface area (Å²) in [6, 6.07) is 10.3. The van der Waals surface area contributed by atoms with Crippen LogP contribution in [0.3, 0.4) is 0 Å². The van der Waals surface area contributed by atoms with Gasteiger partial charge in [0.2, 0.25) is 10.0 Å². The maximum atomic E-state index is 12.7. The third-order valence-corrected chi connectivity index (χ3v) is 7.52. The Bertz CT molecular complexity index is 1150. The number of aromatic nitrogens is 1. The fourth-order valence-electron chi connectivity index (χ4n) is 3.31. The molecule has 0 aliphatic carbocycles. The second-order valence-corrected chi connectivity index (χ2v) is 9.72. The fourth-order valence-corrected chi connectivity index (χ4v) is 5.54. The topological polar surface area (TPSA) is 88.6 Å². The molecule has 1 saturated heterocycles. The van der Waals surface area contributed by atoms with Gasteiger partial charge >= 0.3 is 0 Å². The zero-order valence-corrected chi connectivity index (χ0v) is 17.6. The molecule has 1 amide bonds. The summed E-state index contributed by atoms with van der Waals surface area (Å²) < 4.78 is 37.6. The number of carbonyl (C=O) groups excluding carboxylic acids is 1. The van der Waals surface area contributed by atoms with Crippen molar-refractivity contribution in [2.75, 3.05) is 25.0 Å². The fraction of sp³-hybridized carbons (Fsp3) is 0.300. The molecule has 2 aromatic carbocycles. The molecule has 4 rings (SSSR count). The van der Waals surface area contributed by atoms with Gasteiger partial charge in [0.15, 0.2) is 6.61 Å². The van der Waals surface area contributed by atoms with E-state index in [1.54, 1.807) is 25.3 Å². The third-order valence-electron chi connectivity index (χ3n) is 4.84. The molecule has 9 heteroatoms. The Morgan fingerprint density at radius 2 is 2.00 bits per heavy atom. The number of aryl methyl sites for hydroxylation is 1. The Labute approximate surface area is 173 Å². The summed E-state index contributed by atoms with van der Waals surface area (Å²) >= 11 is 1.40. The first-order chi connectivity index (χ1) is 13.9. The third kappa shape index (κ3) is 4.26. The molecule has 3 aromatic rings. The highest BCUT2D eigenvalue weighted by molar-refractivity contribution is 7.89. The first kappa shape index (κ1) is 19.8. The van der Waals surface area contributed by atoms with Gasteiger partial charge in [-0.3, -0.25) is 4.79 Å². The van der Waals surface area contributed by atoms with E-state index in [4.69, 9.17) is 4.74 Å². The molecule has 152 valence electrons. The minimum Gasteiger partial charge on any atom is -0.483 e. The van der Waals surface area contributed by atoms with Crippen molar-refractivity contribution in [3.05, 3.63) is 48.2 Å². The second-order valence-electron chi connectivity index (χ2n) is 6.95. The zero-order valence-electron chi connectivity index (χ0n) is 15.9. The normalized spacial score (nSPS) is 14.9. The lowest BCUT2D eigenvalue weighted by Gasteiger charge is -2.17. The molecule has 1 aromatic heterocycles. The van der Waals surface area contributed by atoms with Gasteiger partial charge in [0, 0.05) is 30.4 Å². The summed E-state index contributed by atoms with van der Waals surface area (Å²) in [6.45, 7) is 2.73. The summed E-state index contributed by atoms with van der Waals surface area (Å²) in [4.78, 5) is 12.5. The van der Waals surface area contributed by atoms with Crippen molar-refractivity contribution in [3.8, 4) is 5.75 Å². The van der Waals surface area contributed by atoms with Crippen molar-refractivity contribution in [1.82, 2.24) is 8.68 Å². The zero-order chi connectivity index (χ0) is 20.4. The van der Waals surface area contributed by atoms with Gasteiger partial charge in [-0.15, -0.1) is 0 Å². The Morgan fingerprint density at radius 3 is 2.76 bits per heavy atom. The van der Waals surface area contributed by atoms with Crippen LogP contribution in [0.2, 0.25) is 0 Å². The first-order valence-electron chi connectivity index (χ1n) is 9.31. The molecule has 0 unspecified atom stereocenters. The van der Waals surface area contributed by atoms with Gasteiger partial charge in [0.05, 0.1) is 9.60 Å². The highest BCUT2D eigenvalue weighted by Gasteiger charge is 2.27. The number of hydrogen-bond donors (Lipinski definition) is 1. The maximum absolute atomic E-state index is 12.7. The summed E-state index contributed by atoms with van der Waals surface area (Å²) in [5, 5.41) is 3.77. The van der Waals surface area contributed by atoms with Gasteiger partial charge in [-0.1, -0.05) is 0 Å². The van der Waals surface area contributed by atoms with Crippen molar-refractivity contribution in [2.45, 2.75) is 24.7 Å². The number of hydrogen-bond acceptors (Lipinski definition) is 6. The maximum Gasteiger partial charge on any atom is 0.262 e. The molecule has 7 nitrogen and oxygen atoms in total. The number of nitrogens with zero attached hydrogens (tertiary/aromatic N) is 2. The lowest BCUT2D eigenvalue weighted by atomic mass is 10.2. The van der Waals surface area contributed by atoms with Crippen LogP contribution in [0, 0.1) is 6.92 Å². The van der Waals surface area contributed by atoms with E-state index in [2.05, 4.69) is 9.69 Å². The largest absolute Gasteiger partial charge is 0.483 e. The molecule has 29 heavy (non-hydrogen) atoms. The van der Waals surface area contributed by atoms with Crippen LogP contribution in [0.4, 0.5) is 5.69 Å². The Hall–Kier alpha value is -2.49. The van der Waals surface area contributed by atoms with E-state index in [1.807, 2.05) is 18.2 Å². The molecule has 0 bridgehead atoms. The number of nitrogens with one attached hydrogen (secondary N) is 1. The summed E-state index contributed by atoms with van der Waals surface area (Å²) in [6.07, 6.45) is 3.54. The van der Waals surface area contributed by atoms with E-state index in [0.29, 0.717) is 30.1 Å². The molecule has 1 fully saturated rings. The van der Waals surface area contributed by atoms with Crippen molar-refractivity contribution >= 4 is 43.2 Å².